The molecule has 1 aliphatic rings. The maximum Gasteiger partial charge on any atom is 0.413 e. The van der Waals surface area contributed by atoms with Crippen molar-refractivity contribution in [3.05, 3.63) is 111 Å². The van der Waals surface area contributed by atoms with E-state index in [0.717, 1.165) is 11.1 Å². The topological polar surface area (TPSA) is 29.1 Å². The van der Waals surface area contributed by atoms with Crippen molar-refractivity contribution in [1.29, 1.82) is 0 Å². The molecule has 0 spiro atoms. The van der Waals surface area contributed by atoms with E-state index in [1.165, 1.54) is 0 Å². The van der Waals surface area contributed by atoms with Gasteiger partial charge in [-0.3, -0.25) is 4.79 Å². The number of hydrogen-bond donors (Lipinski definition) is 1. The highest BCUT2D eigenvalue weighted by molar-refractivity contribution is 9.10. The van der Waals surface area contributed by atoms with Crippen LogP contribution in [0.25, 0.3) is 0 Å². The van der Waals surface area contributed by atoms with Gasteiger partial charge in [0.25, 0.3) is 0 Å². The molecule has 152 valence electrons. The first-order valence-corrected chi connectivity index (χ1v) is 10.1. The lowest BCUT2D eigenvalue weighted by atomic mass is 9.89. The Balaban J connectivity index is 1.74. The lowest BCUT2D eigenvalue weighted by molar-refractivity contribution is -0.0934. The number of ketones is 1. The fourth-order valence-corrected chi connectivity index (χ4v) is 4.20. The van der Waals surface area contributed by atoms with Gasteiger partial charge in [-0.1, -0.05) is 60.7 Å². The van der Waals surface area contributed by atoms with Gasteiger partial charge >= 0.3 is 6.18 Å². The summed E-state index contributed by atoms with van der Waals surface area (Å²) in [5, 5.41) is 3.44. The molecule has 0 aliphatic heterocycles. The molecule has 0 atom stereocenters. The number of hydrogen-bond acceptors (Lipinski definition) is 2. The molecule has 0 aromatic heterocycles. The summed E-state index contributed by atoms with van der Waals surface area (Å²) >= 11 is 3.45. The highest BCUT2D eigenvalue weighted by Crippen LogP contribution is 2.40. The Morgan fingerprint density at radius 2 is 1.43 bits per heavy atom. The molecule has 0 bridgehead atoms. The third-order valence-corrected chi connectivity index (χ3v) is 6.02. The number of nitrogens with one attached hydrogen (secondary N) is 1. The SMILES string of the molecule is O=C1C=C(C(F)(F)F)Cc2c1ccc(NC(c1ccccc1)c1ccccc1)c2Br. The Morgan fingerprint density at radius 1 is 0.867 bits per heavy atom. The summed E-state index contributed by atoms with van der Waals surface area (Å²) in [5.74, 6) is -0.626. The summed E-state index contributed by atoms with van der Waals surface area (Å²) in [6.45, 7) is 0. The minimum atomic E-state index is -4.53. The van der Waals surface area contributed by atoms with Crippen molar-refractivity contribution in [3.63, 3.8) is 0 Å². The average molecular weight is 472 g/mol. The second-order valence-corrected chi connectivity index (χ2v) is 7.85. The molecule has 0 saturated carbocycles. The number of carbonyl (C=O) groups is 1. The average Bonchev–Trinajstić information content (AvgIpc) is 2.74. The van der Waals surface area contributed by atoms with Crippen LogP contribution in [0.4, 0.5) is 18.9 Å². The molecule has 6 heteroatoms. The van der Waals surface area contributed by atoms with E-state index in [9.17, 15) is 18.0 Å². The highest BCUT2D eigenvalue weighted by Gasteiger charge is 2.37. The molecule has 1 N–H and O–H groups in total. The highest BCUT2D eigenvalue weighted by atomic mass is 79.9. The van der Waals surface area contributed by atoms with E-state index in [1.807, 2.05) is 60.7 Å². The van der Waals surface area contributed by atoms with Crippen LogP contribution in [0.1, 0.15) is 33.1 Å². The fraction of sp³-hybridized carbons (Fsp3) is 0.125. The Kier molecular flexibility index (Phi) is 5.52. The zero-order chi connectivity index (χ0) is 21.3. The van der Waals surface area contributed by atoms with Gasteiger partial charge in [0.15, 0.2) is 5.78 Å². The van der Waals surface area contributed by atoms with Crippen molar-refractivity contribution in [3.8, 4) is 0 Å². The van der Waals surface area contributed by atoms with Gasteiger partial charge in [-0.2, -0.15) is 13.2 Å². The lowest BCUT2D eigenvalue weighted by Crippen LogP contribution is -2.22. The molecular weight excluding hydrogens is 455 g/mol. The van der Waals surface area contributed by atoms with E-state index in [0.29, 0.717) is 21.8 Å². The van der Waals surface area contributed by atoms with Crippen LogP contribution in [-0.2, 0) is 6.42 Å². The van der Waals surface area contributed by atoms with Crippen LogP contribution in [0, 0.1) is 0 Å². The van der Waals surface area contributed by atoms with E-state index in [2.05, 4.69) is 21.2 Å². The van der Waals surface area contributed by atoms with Crippen LogP contribution in [0.3, 0.4) is 0 Å². The number of fused-ring (bicyclic) bond motifs is 1. The van der Waals surface area contributed by atoms with E-state index in [1.54, 1.807) is 12.1 Å². The molecule has 0 fully saturated rings. The number of halogens is 4. The van der Waals surface area contributed by atoms with Gasteiger partial charge < -0.3 is 5.32 Å². The van der Waals surface area contributed by atoms with Gasteiger partial charge in [-0.25, -0.2) is 0 Å². The monoisotopic (exact) mass is 471 g/mol. The van der Waals surface area contributed by atoms with Gasteiger partial charge in [-0.05, 0) is 50.8 Å². The Bertz CT molecular complexity index is 1070. The number of carbonyl (C=O) groups excluding carboxylic acids is 1. The van der Waals surface area contributed by atoms with Crippen LogP contribution in [0.5, 0.6) is 0 Å². The second kappa shape index (κ2) is 8.11. The smallest absolute Gasteiger partial charge is 0.373 e. The Morgan fingerprint density at radius 3 is 1.97 bits per heavy atom. The molecule has 30 heavy (non-hydrogen) atoms. The molecule has 0 unspecified atom stereocenters. The molecule has 4 rings (SSSR count). The van der Waals surface area contributed by atoms with Crippen LogP contribution in [-0.4, -0.2) is 12.0 Å². The summed E-state index contributed by atoms with van der Waals surface area (Å²) in [6, 6.07) is 22.7. The van der Waals surface area contributed by atoms with Gasteiger partial charge in [0, 0.05) is 27.7 Å². The summed E-state index contributed by atoms with van der Waals surface area (Å²) in [6.07, 6.45) is -4.19. The number of anilines is 1. The van der Waals surface area contributed by atoms with Crippen molar-refractivity contribution < 1.29 is 18.0 Å². The molecule has 3 aromatic rings. The normalized spacial score (nSPS) is 13.8. The zero-order valence-electron chi connectivity index (χ0n) is 15.7. The largest absolute Gasteiger partial charge is 0.413 e. The lowest BCUT2D eigenvalue weighted by Gasteiger charge is -2.25. The van der Waals surface area contributed by atoms with Crippen LogP contribution in [0.15, 0.2) is 88.9 Å². The minimum absolute atomic E-state index is 0.210. The number of allylic oxidation sites excluding steroid dienone is 2. The first-order chi connectivity index (χ1) is 14.3. The molecule has 2 nitrogen and oxygen atoms in total. The van der Waals surface area contributed by atoms with E-state index in [4.69, 9.17) is 0 Å². The number of alkyl halides is 3. The van der Waals surface area contributed by atoms with Crippen molar-refractivity contribution in [2.24, 2.45) is 0 Å². The quantitative estimate of drug-likeness (QED) is 0.449. The first-order valence-electron chi connectivity index (χ1n) is 9.34. The molecule has 0 amide bonds. The number of benzene rings is 3. The summed E-state index contributed by atoms with van der Waals surface area (Å²) < 4.78 is 40.2. The standard InChI is InChI=1S/C24H17BrF3NO/c25-22-19-13-17(24(26,27)28)14-21(30)18(19)11-12-20(22)29-23(15-7-3-1-4-8-15)16-9-5-2-6-10-16/h1-12,14,23,29H,13H2. The third-order valence-electron chi connectivity index (χ3n) is 5.11. The first kappa shape index (κ1) is 20.4. The maximum absolute atomic E-state index is 13.2. The third kappa shape index (κ3) is 4.05. The fourth-order valence-electron chi connectivity index (χ4n) is 3.60. The summed E-state index contributed by atoms with van der Waals surface area (Å²) in [5.41, 5.74) is 2.46. The minimum Gasteiger partial charge on any atom is -0.373 e. The summed E-state index contributed by atoms with van der Waals surface area (Å²) in [4.78, 5) is 12.3. The predicted octanol–water partition coefficient (Wildman–Crippen LogP) is 6.88. The van der Waals surface area contributed by atoms with Gasteiger partial charge in [0.1, 0.15) is 0 Å². The molecule has 0 saturated heterocycles. The van der Waals surface area contributed by atoms with Crippen LogP contribution >= 0.6 is 15.9 Å². The molecular formula is C24H17BrF3NO. The van der Waals surface area contributed by atoms with Crippen LogP contribution in [0.2, 0.25) is 0 Å². The second-order valence-electron chi connectivity index (χ2n) is 7.06. The van der Waals surface area contributed by atoms with Crippen molar-refractivity contribution in [1.82, 2.24) is 0 Å². The van der Waals surface area contributed by atoms with E-state index < -0.39 is 17.5 Å². The van der Waals surface area contributed by atoms with Crippen molar-refractivity contribution in [2.45, 2.75) is 18.6 Å². The molecule has 3 aromatic carbocycles. The molecule has 0 heterocycles. The van der Waals surface area contributed by atoms with Crippen molar-refractivity contribution >= 4 is 27.4 Å². The number of rotatable bonds is 4. The van der Waals surface area contributed by atoms with Gasteiger partial charge in [-0.15, -0.1) is 0 Å². The van der Waals surface area contributed by atoms with Gasteiger partial charge in [0.05, 0.1) is 6.04 Å². The van der Waals surface area contributed by atoms with E-state index >= 15 is 0 Å². The Labute approximate surface area is 180 Å². The maximum atomic E-state index is 13.2. The van der Waals surface area contributed by atoms with Gasteiger partial charge in [0.2, 0.25) is 0 Å². The van der Waals surface area contributed by atoms with Crippen molar-refractivity contribution in [2.75, 3.05) is 5.32 Å². The Hall–Kier alpha value is -2.86. The summed E-state index contributed by atoms with van der Waals surface area (Å²) in [7, 11) is 0. The zero-order valence-corrected chi connectivity index (χ0v) is 17.3. The molecule has 0 radical (unpaired) electrons. The van der Waals surface area contributed by atoms with E-state index in [-0.39, 0.29) is 18.0 Å². The predicted molar refractivity (Wildman–Crippen MR) is 115 cm³/mol. The van der Waals surface area contributed by atoms with Crippen LogP contribution < -0.4 is 5.32 Å². The molecule has 1 aliphatic carbocycles.